The Kier molecular flexibility index (Phi) is 2.10. The lowest BCUT2D eigenvalue weighted by Crippen LogP contribution is -1.97. The van der Waals surface area contributed by atoms with Crippen LogP contribution in [0.3, 0.4) is 0 Å². The van der Waals surface area contributed by atoms with Crippen molar-refractivity contribution in [3.8, 4) is 11.4 Å². The van der Waals surface area contributed by atoms with Crippen molar-refractivity contribution in [1.82, 2.24) is 15.0 Å². The van der Waals surface area contributed by atoms with E-state index < -0.39 is 0 Å². The molecule has 2 aromatic heterocycles. The third-order valence-corrected chi connectivity index (χ3v) is 1.94. The average molecular weight is 186 g/mol. The highest BCUT2D eigenvalue weighted by atomic mass is 14.9. The number of aryl methyl sites for hydroxylation is 1. The summed E-state index contributed by atoms with van der Waals surface area (Å²) < 4.78 is 0. The van der Waals surface area contributed by atoms with E-state index >= 15 is 0 Å². The summed E-state index contributed by atoms with van der Waals surface area (Å²) in [5.41, 5.74) is 7.92. The number of hydrogen-bond acceptors (Lipinski definition) is 4. The highest BCUT2D eigenvalue weighted by molar-refractivity contribution is 5.55. The Hall–Kier alpha value is -1.97. The molecule has 0 spiro atoms. The van der Waals surface area contributed by atoms with Crippen LogP contribution < -0.4 is 5.73 Å². The van der Waals surface area contributed by atoms with Crippen LogP contribution >= 0.6 is 0 Å². The number of nitrogens with two attached hydrogens (primary N) is 1. The van der Waals surface area contributed by atoms with Gasteiger partial charge >= 0.3 is 0 Å². The molecular formula is C10H10N4. The van der Waals surface area contributed by atoms with Gasteiger partial charge in [-0.25, -0.2) is 9.97 Å². The van der Waals surface area contributed by atoms with Crippen molar-refractivity contribution in [1.29, 1.82) is 0 Å². The predicted molar refractivity (Wildman–Crippen MR) is 54.4 cm³/mol. The van der Waals surface area contributed by atoms with E-state index in [0.717, 1.165) is 11.3 Å². The minimum absolute atomic E-state index is 0.609. The average Bonchev–Trinajstić information content (AvgIpc) is 2.23. The quantitative estimate of drug-likeness (QED) is 0.731. The molecule has 0 amide bonds. The molecule has 0 radical (unpaired) electrons. The first-order valence-electron chi connectivity index (χ1n) is 4.27. The minimum atomic E-state index is 0.609. The minimum Gasteiger partial charge on any atom is -0.396 e. The second-order valence-corrected chi connectivity index (χ2v) is 2.98. The molecule has 0 saturated heterocycles. The van der Waals surface area contributed by atoms with Gasteiger partial charge in [0.2, 0.25) is 0 Å². The molecule has 0 aliphatic rings. The molecule has 0 saturated carbocycles. The molecule has 4 heteroatoms. The highest BCUT2D eigenvalue weighted by Crippen LogP contribution is 2.14. The van der Waals surface area contributed by atoms with Crippen LogP contribution in [0.5, 0.6) is 0 Å². The first-order chi connectivity index (χ1) is 6.77. The number of nitrogens with zero attached hydrogens (tertiary/aromatic N) is 3. The third kappa shape index (κ3) is 1.54. The molecule has 2 N–H and O–H groups in total. The Morgan fingerprint density at radius 3 is 2.79 bits per heavy atom. The van der Waals surface area contributed by atoms with E-state index in [1.165, 1.54) is 0 Å². The molecule has 0 fully saturated rings. The molecule has 0 unspecified atom stereocenters. The lowest BCUT2D eigenvalue weighted by Gasteiger charge is -2.02. The zero-order valence-electron chi connectivity index (χ0n) is 7.81. The maximum atomic E-state index is 5.63. The molecule has 4 nitrogen and oxygen atoms in total. The van der Waals surface area contributed by atoms with Gasteiger partial charge in [0.25, 0.3) is 0 Å². The van der Waals surface area contributed by atoms with Crippen molar-refractivity contribution in [2.75, 3.05) is 5.73 Å². The van der Waals surface area contributed by atoms with E-state index in [9.17, 15) is 0 Å². The Morgan fingerprint density at radius 2 is 2.14 bits per heavy atom. The molecular weight excluding hydrogens is 176 g/mol. The number of nitrogen functional groups attached to an aromatic ring is 1. The van der Waals surface area contributed by atoms with E-state index in [2.05, 4.69) is 15.0 Å². The molecule has 2 heterocycles. The summed E-state index contributed by atoms with van der Waals surface area (Å²) >= 11 is 0. The van der Waals surface area contributed by atoms with Crippen LogP contribution in [-0.2, 0) is 0 Å². The van der Waals surface area contributed by atoms with E-state index in [0.29, 0.717) is 11.5 Å². The predicted octanol–water partition coefficient (Wildman–Crippen LogP) is 1.43. The first-order valence-corrected chi connectivity index (χ1v) is 4.27. The molecule has 0 bridgehead atoms. The van der Waals surface area contributed by atoms with Crippen molar-refractivity contribution in [2.45, 2.75) is 6.92 Å². The van der Waals surface area contributed by atoms with E-state index in [1.54, 1.807) is 18.6 Å². The summed E-state index contributed by atoms with van der Waals surface area (Å²) in [5.74, 6) is 0.657. The summed E-state index contributed by atoms with van der Waals surface area (Å²) in [6, 6.07) is 3.77. The van der Waals surface area contributed by atoms with Crippen molar-refractivity contribution in [3.05, 3.63) is 36.4 Å². The number of rotatable bonds is 1. The van der Waals surface area contributed by atoms with Crippen molar-refractivity contribution in [3.63, 3.8) is 0 Å². The Bertz CT molecular complexity index is 439. The van der Waals surface area contributed by atoms with E-state index in [4.69, 9.17) is 5.73 Å². The van der Waals surface area contributed by atoms with Crippen LogP contribution in [0.1, 0.15) is 5.69 Å². The maximum Gasteiger partial charge on any atom is 0.161 e. The second-order valence-electron chi connectivity index (χ2n) is 2.98. The first kappa shape index (κ1) is 8.62. The highest BCUT2D eigenvalue weighted by Gasteiger charge is 2.02. The molecule has 0 atom stereocenters. The normalized spacial score (nSPS) is 10.1. The number of hydrogen-bond donors (Lipinski definition) is 1. The van der Waals surface area contributed by atoms with Crippen LogP contribution in [0.15, 0.2) is 30.7 Å². The fourth-order valence-corrected chi connectivity index (χ4v) is 1.11. The maximum absolute atomic E-state index is 5.63. The van der Waals surface area contributed by atoms with Gasteiger partial charge in [-0.2, -0.15) is 0 Å². The fourth-order valence-electron chi connectivity index (χ4n) is 1.11. The zero-order chi connectivity index (χ0) is 9.97. The van der Waals surface area contributed by atoms with Gasteiger partial charge in [0.1, 0.15) is 0 Å². The SMILES string of the molecule is Cc1nc(-c2cccnc2)ncc1N. The van der Waals surface area contributed by atoms with Gasteiger partial charge in [-0.15, -0.1) is 0 Å². The zero-order valence-corrected chi connectivity index (χ0v) is 7.81. The molecule has 0 aliphatic carbocycles. The van der Waals surface area contributed by atoms with Crippen molar-refractivity contribution in [2.24, 2.45) is 0 Å². The number of anilines is 1. The van der Waals surface area contributed by atoms with Crippen LogP contribution in [0.2, 0.25) is 0 Å². The van der Waals surface area contributed by atoms with Crippen LogP contribution in [0, 0.1) is 6.92 Å². The Balaban J connectivity index is 2.48. The summed E-state index contributed by atoms with van der Waals surface area (Å²) in [6.45, 7) is 1.86. The van der Waals surface area contributed by atoms with Crippen molar-refractivity contribution < 1.29 is 0 Å². The standard InChI is InChI=1S/C10H10N4/c1-7-9(11)6-13-10(14-7)8-3-2-4-12-5-8/h2-6H,11H2,1H3. The Morgan fingerprint density at radius 1 is 1.29 bits per heavy atom. The monoisotopic (exact) mass is 186 g/mol. The van der Waals surface area contributed by atoms with Gasteiger partial charge in [0.15, 0.2) is 5.82 Å². The molecule has 0 aliphatic heterocycles. The number of aromatic nitrogens is 3. The summed E-state index contributed by atoms with van der Waals surface area (Å²) in [6.07, 6.45) is 5.06. The molecule has 70 valence electrons. The van der Waals surface area contributed by atoms with Gasteiger partial charge in [0.05, 0.1) is 17.6 Å². The Labute approximate surface area is 81.9 Å². The van der Waals surface area contributed by atoms with Gasteiger partial charge in [0, 0.05) is 18.0 Å². The summed E-state index contributed by atoms with van der Waals surface area (Å²) in [5, 5.41) is 0. The lowest BCUT2D eigenvalue weighted by molar-refractivity contribution is 1.11. The largest absolute Gasteiger partial charge is 0.396 e. The van der Waals surface area contributed by atoms with Crippen LogP contribution in [0.4, 0.5) is 5.69 Å². The van der Waals surface area contributed by atoms with Crippen LogP contribution in [-0.4, -0.2) is 15.0 Å². The fraction of sp³-hybridized carbons (Fsp3) is 0.100. The molecule has 2 aromatic rings. The van der Waals surface area contributed by atoms with Gasteiger partial charge in [-0.05, 0) is 19.1 Å². The van der Waals surface area contributed by atoms with Crippen LogP contribution in [0.25, 0.3) is 11.4 Å². The molecule has 2 rings (SSSR count). The van der Waals surface area contributed by atoms with Gasteiger partial charge < -0.3 is 5.73 Å². The smallest absolute Gasteiger partial charge is 0.161 e. The van der Waals surface area contributed by atoms with E-state index in [1.807, 2.05) is 19.1 Å². The van der Waals surface area contributed by atoms with Crippen molar-refractivity contribution >= 4 is 5.69 Å². The molecule has 0 aromatic carbocycles. The van der Waals surface area contributed by atoms with E-state index in [-0.39, 0.29) is 0 Å². The third-order valence-electron chi connectivity index (χ3n) is 1.94. The topological polar surface area (TPSA) is 64.7 Å². The lowest BCUT2D eigenvalue weighted by atomic mass is 10.2. The van der Waals surface area contributed by atoms with Gasteiger partial charge in [-0.3, -0.25) is 4.98 Å². The number of pyridine rings is 1. The second kappa shape index (κ2) is 3.41. The molecule has 14 heavy (non-hydrogen) atoms. The van der Waals surface area contributed by atoms with Gasteiger partial charge in [-0.1, -0.05) is 0 Å². The summed E-state index contributed by atoms with van der Waals surface area (Å²) in [7, 11) is 0. The summed E-state index contributed by atoms with van der Waals surface area (Å²) in [4.78, 5) is 12.4.